The molecule has 1 aliphatic rings. The number of para-hydroxylation sites is 1. The van der Waals surface area contributed by atoms with Gasteiger partial charge in [-0.25, -0.2) is 0 Å². The number of benzene rings is 1. The number of nitrogens with two attached hydrogens (primary N) is 1. The normalized spacial score (nSPS) is 16.1. The van der Waals surface area contributed by atoms with Gasteiger partial charge in [-0.15, -0.1) is 0 Å². The van der Waals surface area contributed by atoms with Crippen molar-refractivity contribution in [2.75, 3.05) is 37.6 Å². The van der Waals surface area contributed by atoms with Gasteiger partial charge in [0.15, 0.2) is 0 Å². The van der Waals surface area contributed by atoms with Gasteiger partial charge in [-0.1, -0.05) is 23.7 Å². The lowest BCUT2D eigenvalue weighted by Gasteiger charge is -2.36. The van der Waals surface area contributed by atoms with E-state index in [1.165, 1.54) is 0 Å². The van der Waals surface area contributed by atoms with Crippen molar-refractivity contribution in [2.24, 2.45) is 5.73 Å². The lowest BCUT2D eigenvalue weighted by Crippen LogP contribution is -2.50. The van der Waals surface area contributed by atoms with Gasteiger partial charge in [-0.2, -0.15) is 0 Å². The molecule has 0 aliphatic carbocycles. The summed E-state index contributed by atoms with van der Waals surface area (Å²) in [4.78, 5) is 15.4. The number of hydrogen-bond acceptors (Lipinski definition) is 3. The summed E-state index contributed by atoms with van der Waals surface area (Å²) in [5.74, 6) is 0.0174. The Hall–Kier alpha value is -1.26. The van der Waals surface area contributed by atoms with Gasteiger partial charge in [0.2, 0.25) is 5.91 Å². The highest BCUT2D eigenvalue weighted by atomic mass is 35.5. The number of halogens is 1. The number of rotatable bonds is 2. The van der Waals surface area contributed by atoms with Gasteiger partial charge in [0.1, 0.15) is 0 Å². The van der Waals surface area contributed by atoms with Crippen molar-refractivity contribution in [1.29, 1.82) is 0 Å². The van der Waals surface area contributed by atoms with Crippen LogP contribution in [0.3, 0.4) is 0 Å². The number of nitrogens with zero attached hydrogens (tertiary/aromatic N) is 2. The van der Waals surface area contributed by atoms with Crippen LogP contribution in [0.15, 0.2) is 24.3 Å². The van der Waals surface area contributed by atoms with E-state index >= 15 is 0 Å². The average Bonchev–Trinajstić information content (AvgIpc) is 2.39. The second-order valence-electron chi connectivity index (χ2n) is 4.02. The average molecular weight is 254 g/mol. The van der Waals surface area contributed by atoms with Gasteiger partial charge in [0.25, 0.3) is 0 Å². The van der Waals surface area contributed by atoms with Gasteiger partial charge >= 0.3 is 0 Å². The molecule has 0 radical (unpaired) electrons. The van der Waals surface area contributed by atoms with Crippen LogP contribution in [0.4, 0.5) is 5.69 Å². The molecule has 0 spiro atoms. The fourth-order valence-corrected chi connectivity index (χ4v) is 2.29. The Morgan fingerprint density at radius 3 is 2.47 bits per heavy atom. The van der Waals surface area contributed by atoms with Crippen molar-refractivity contribution in [3.05, 3.63) is 29.3 Å². The second-order valence-corrected chi connectivity index (χ2v) is 4.43. The summed E-state index contributed by atoms with van der Waals surface area (Å²) in [5, 5.41) is 0.756. The zero-order chi connectivity index (χ0) is 12.3. The number of piperazine rings is 1. The fraction of sp³-hybridized carbons (Fsp3) is 0.417. The minimum Gasteiger partial charge on any atom is -0.367 e. The number of carbonyl (C=O) groups is 1. The van der Waals surface area contributed by atoms with Crippen LogP contribution >= 0.6 is 11.6 Å². The van der Waals surface area contributed by atoms with Crippen LogP contribution in [0.2, 0.25) is 5.02 Å². The first kappa shape index (κ1) is 12.2. The number of hydrogen-bond donors (Lipinski definition) is 1. The molecule has 0 aromatic heterocycles. The Labute approximate surface area is 106 Å². The molecule has 4 nitrogen and oxygen atoms in total. The van der Waals surface area contributed by atoms with Crippen LogP contribution in [0.5, 0.6) is 0 Å². The predicted octanol–water partition coefficient (Wildman–Crippen LogP) is 0.947. The van der Waals surface area contributed by atoms with Gasteiger partial charge in [-0.3, -0.25) is 4.79 Å². The van der Waals surface area contributed by atoms with Crippen LogP contribution in [0, 0.1) is 0 Å². The molecule has 1 heterocycles. The fourth-order valence-electron chi connectivity index (χ4n) is 2.03. The molecule has 0 unspecified atom stereocenters. The second kappa shape index (κ2) is 5.38. The summed E-state index contributed by atoms with van der Waals surface area (Å²) < 4.78 is 0. The number of carbonyl (C=O) groups excluding carboxylic acids is 1. The third-order valence-electron chi connectivity index (χ3n) is 3.00. The van der Waals surface area contributed by atoms with Crippen LogP contribution in [-0.4, -0.2) is 43.5 Å². The van der Waals surface area contributed by atoms with Gasteiger partial charge < -0.3 is 15.5 Å². The Kier molecular flexibility index (Phi) is 3.86. The first-order valence-corrected chi connectivity index (χ1v) is 6.07. The quantitative estimate of drug-likeness (QED) is 0.854. The molecule has 2 rings (SSSR count). The smallest absolute Gasteiger partial charge is 0.236 e. The van der Waals surface area contributed by atoms with E-state index in [0.29, 0.717) is 13.1 Å². The van der Waals surface area contributed by atoms with Crippen molar-refractivity contribution in [3.8, 4) is 0 Å². The van der Waals surface area contributed by atoms with Crippen molar-refractivity contribution >= 4 is 23.2 Å². The third kappa shape index (κ3) is 2.70. The first-order valence-electron chi connectivity index (χ1n) is 5.69. The molecule has 1 aromatic carbocycles. The monoisotopic (exact) mass is 253 g/mol. The summed E-state index contributed by atoms with van der Waals surface area (Å²) in [5.41, 5.74) is 6.38. The zero-order valence-corrected chi connectivity index (χ0v) is 10.4. The molecule has 2 N–H and O–H groups in total. The highest BCUT2D eigenvalue weighted by molar-refractivity contribution is 6.33. The Morgan fingerprint density at radius 1 is 1.24 bits per heavy atom. The van der Waals surface area contributed by atoms with E-state index < -0.39 is 0 Å². The Bertz CT molecular complexity index is 402. The molecule has 5 heteroatoms. The topological polar surface area (TPSA) is 49.6 Å². The van der Waals surface area contributed by atoms with Gasteiger partial charge in [0, 0.05) is 26.2 Å². The van der Waals surface area contributed by atoms with E-state index in [-0.39, 0.29) is 12.5 Å². The van der Waals surface area contributed by atoms with E-state index in [2.05, 4.69) is 4.90 Å². The molecule has 1 fully saturated rings. The van der Waals surface area contributed by atoms with Crippen molar-refractivity contribution < 1.29 is 4.79 Å². The maximum atomic E-state index is 11.4. The lowest BCUT2D eigenvalue weighted by atomic mass is 10.2. The molecule has 0 atom stereocenters. The Morgan fingerprint density at radius 2 is 1.88 bits per heavy atom. The van der Waals surface area contributed by atoms with Gasteiger partial charge in [0.05, 0.1) is 17.3 Å². The van der Waals surface area contributed by atoms with E-state index in [1.54, 1.807) is 4.90 Å². The van der Waals surface area contributed by atoms with Crippen molar-refractivity contribution in [2.45, 2.75) is 0 Å². The molecule has 92 valence electrons. The first-order chi connectivity index (χ1) is 8.22. The van der Waals surface area contributed by atoms with Crippen molar-refractivity contribution in [3.63, 3.8) is 0 Å². The molecule has 1 amide bonds. The largest absolute Gasteiger partial charge is 0.367 e. The molecule has 1 saturated heterocycles. The molecular formula is C12H16ClN3O. The summed E-state index contributed by atoms with van der Waals surface area (Å²) in [7, 11) is 0. The maximum Gasteiger partial charge on any atom is 0.236 e. The predicted molar refractivity (Wildman–Crippen MR) is 69.3 cm³/mol. The third-order valence-corrected chi connectivity index (χ3v) is 3.32. The Balaban J connectivity index is 2.00. The zero-order valence-electron chi connectivity index (χ0n) is 9.60. The summed E-state index contributed by atoms with van der Waals surface area (Å²) in [6.07, 6.45) is 0. The minimum absolute atomic E-state index is 0.0174. The van der Waals surface area contributed by atoms with Crippen LogP contribution < -0.4 is 10.6 Å². The molecule has 0 saturated carbocycles. The lowest BCUT2D eigenvalue weighted by molar-refractivity contribution is -0.129. The van der Waals surface area contributed by atoms with E-state index in [9.17, 15) is 4.79 Å². The molecule has 1 aliphatic heterocycles. The minimum atomic E-state index is 0.0174. The maximum absolute atomic E-state index is 11.4. The molecule has 1 aromatic rings. The number of amides is 1. The van der Waals surface area contributed by atoms with E-state index in [4.69, 9.17) is 17.3 Å². The highest BCUT2D eigenvalue weighted by Gasteiger charge is 2.21. The van der Waals surface area contributed by atoms with Crippen molar-refractivity contribution in [1.82, 2.24) is 4.90 Å². The number of anilines is 1. The van der Waals surface area contributed by atoms with Crippen LogP contribution in [0.1, 0.15) is 0 Å². The SMILES string of the molecule is NCC(=O)N1CCN(c2ccccc2Cl)CC1. The van der Waals surface area contributed by atoms with E-state index in [0.717, 1.165) is 23.8 Å². The summed E-state index contributed by atoms with van der Waals surface area (Å²) in [6.45, 7) is 3.11. The van der Waals surface area contributed by atoms with Crippen LogP contribution in [-0.2, 0) is 4.79 Å². The standard InChI is InChI=1S/C12H16ClN3O/c13-10-3-1-2-4-11(10)15-5-7-16(8-6-15)12(17)9-14/h1-4H,5-9,14H2. The summed E-state index contributed by atoms with van der Waals surface area (Å²) >= 11 is 6.14. The van der Waals surface area contributed by atoms with E-state index in [1.807, 2.05) is 24.3 Å². The molecule has 17 heavy (non-hydrogen) atoms. The summed E-state index contributed by atoms with van der Waals surface area (Å²) in [6, 6.07) is 7.77. The van der Waals surface area contributed by atoms with Gasteiger partial charge in [-0.05, 0) is 12.1 Å². The molecular weight excluding hydrogens is 238 g/mol. The molecule has 0 bridgehead atoms. The highest BCUT2D eigenvalue weighted by Crippen LogP contribution is 2.25. The van der Waals surface area contributed by atoms with Crippen LogP contribution in [0.25, 0.3) is 0 Å².